The Hall–Kier alpha value is -3.09. The maximum Gasteiger partial charge on any atom is 0.331 e. The molecule has 1 aromatic carbocycles. The number of allylic oxidation sites excluding steroid dienone is 1. The smallest absolute Gasteiger partial charge is 0.331 e. The molecular formula is C22H28N2O5. The Balaban J connectivity index is 1.62. The molecule has 0 aromatic heterocycles. The topological polar surface area (TPSA) is 93.7 Å². The van der Waals surface area contributed by atoms with Crippen molar-refractivity contribution in [3.8, 4) is 5.75 Å². The summed E-state index contributed by atoms with van der Waals surface area (Å²) >= 11 is 0. The molecule has 0 radical (unpaired) electrons. The number of benzene rings is 1. The van der Waals surface area contributed by atoms with Crippen molar-refractivity contribution >= 4 is 24.0 Å². The van der Waals surface area contributed by atoms with E-state index in [-0.39, 0.29) is 0 Å². The van der Waals surface area contributed by atoms with Crippen molar-refractivity contribution in [1.82, 2.24) is 10.6 Å². The monoisotopic (exact) mass is 400 g/mol. The molecule has 0 bridgehead atoms. The number of imide groups is 1. The second-order valence-electron chi connectivity index (χ2n) is 6.61. The Kier molecular flexibility index (Phi) is 9.48. The lowest BCUT2D eigenvalue weighted by molar-refractivity contribution is -0.143. The number of ether oxygens (including phenoxy) is 2. The Labute approximate surface area is 171 Å². The highest BCUT2D eigenvalue weighted by Gasteiger charge is 2.10. The molecule has 1 aliphatic carbocycles. The van der Waals surface area contributed by atoms with Crippen LogP contribution in [-0.4, -0.2) is 37.7 Å². The van der Waals surface area contributed by atoms with Crippen molar-refractivity contribution in [2.45, 2.75) is 39.0 Å². The van der Waals surface area contributed by atoms with Crippen molar-refractivity contribution in [3.05, 3.63) is 47.6 Å². The second kappa shape index (κ2) is 12.4. The first-order valence-electron chi connectivity index (χ1n) is 9.90. The number of urea groups is 1. The molecule has 7 heteroatoms. The summed E-state index contributed by atoms with van der Waals surface area (Å²) in [4.78, 5) is 35.1. The molecule has 1 aliphatic rings. The van der Waals surface area contributed by atoms with Crippen molar-refractivity contribution < 1.29 is 23.9 Å². The summed E-state index contributed by atoms with van der Waals surface area (Å²) in [5, 5.41) is 4.77. The Morgan fingerprint density at radius 3 is 2.62 bits per heavy atom. The Bertz CT molecular complexity index is 753. The third-order valence-electron chi connectivity index (χ3n) is 4.32. The van der Waals surface area contributed by atoms with Crippen LogP contribution in [0.25, 0.3) is 6.08 Å². The van der Waals surface area contributed by atoms with Crippen LogP contribution in [-0.2, 0) is 14.3 Å². The highest BCUT2D eigenvalue weighted by atomic mass is 16.5. The quantitative estimate of drug-likeness (QED) is 0.377. The average molecular weight is 400 g/mol. The molecule has 7 nitrogen and oxygen atoms in total. The minimum absolute atomic E-state index is 0.468. The maximum absolute atomic E-state index is 11.7. The van der Waals surface area contributed by atoms with Gasteiger partial charge >= 0.3 is 12.0 Å². The van der Waals surface area contributed by atoms with Crippen molar-refractivity contribution in [3.63, 3.8) is 0 Å². The fraction of sp³-hybridized carbons (Fsp3) is 0.409. The Morgan fingerprint density at radius 2 is 1.93 bits per heavy atom. The molecule has 0 fully saturated rings. The zero-order valence-corrected chi connectivity index (χ0v) is 16.7. The first kappa shape index (κ1) is 22.2. The lowest BCUT2D eigenvalue weighted by Crippen LogP contribution is -2.41. The van der Waals surface area contributed by atoms with Gasteiger partial charge in [0.2, 0.25) is 0 Å². The summed E-state index contributed by atoms with van der Waals surface area (Å²) in [6.45, 7) is 2.43. The predicted octanol–water partition coefficient (Wildman–Crippen LogP) is 3.36. The molecule has 3 amide bonds. The van der Waals surface area contributed by atoms with Crippen LogP contribution >= 0.6 is 0 Å². The number of amides is 3. The van der Waals surface area contributed by atoms with Gasteiger partial charge in [0.1, 0.15) is 5.75 Å². The number of hydrogen-bond acceptors (Lipinski definition) is 5. The molecule has 29 heavy (non-hydrogen) atoms. The second-order valence-corrected chi connectivity index (χ2v) is 6.61. The van der Waals surface area contributed by atoms with Gasteiger partial charge in [-0.05, 0) is 62.8 Å². The largest absolute Gasteiger partial charge is 0.494 e. The van der Waals surface area contributed by atoms with Crippen molar-refractivity contribution in [2.24, 2.45) is 0 Å². The first-order valence-corrected chi connectivity index (χ1v) is 9.90. The number of carbonyl (C=O) groups is 3. The molecule has 0 spiro atoms. The normalized spacial score (nSPS) is 13.5. The number of rotatable bonds is 9. The van der Waals surface area contributed by atoms with E-state index in [0.717, 1.165) is 30.6 Å². The molecule has 0 saturated heterocycles. The molecule has 2 rings (SSSR count). The minimum Gasteiger partial charge on any atom is -0.494 e. The molecule has 2 N–H and O–H groups in total. The number of hydrogen-bond donors (Lipinski definition) is 2. The van der Waals surface area contributed by atoms with Gasteiger partial charge in [0.25, 0.3) is 5.91 Å². The van der Waals surface area contributed by atoms with Crippen LogP contribution in [0.5, 0.6) is 5.75 Å². The Morgan fingerprint density at radius 1 is 1.14 bits per heavy atom. The molecule has 0 heterocycles. The van der Waals surface area contributed by atoms with Crippen LogP contribution in [0.2, 0.25) is 0 Å². The van der Waals surface area contributed by atoms with E-state index in [4.69, 9.17) is 9.47 Å². The summed E-state index contributed by atoms with van der Waals surface area (Å²) in [5.41, 5.74) is 2.14. The van der Waals surface area contributed by atoms with Gasteiger partial charge in [0, 0.05) is 12.6 Å². The predicted molar refractivity (Wildman–Crippen MR) is 110 cm³/mol. The standard InChI is InChI=1S/C22H28N2O5/c1-2-28-19-11-8-18(9-12-19)10-13-21(26)29-16-20(25)24-22(27)23-15-14-17-6-4-3-5-7-17/h6,8-13H,2-5,7,14-16H2,1H3,(H2,23,24,25,27)/b13-10+. The van der Waals surface area contributed by atoms with E-state index < -0.39 is 24.5 Å². The SMILES string of the molecule is CCOc1ccc(/C=C/C(=O)OCC(=O)NC(=O)NCCC2=CCCCC2)cc1. The third kappa shape index (κ3) is 9.10. The number of carbonyl (C=O) groups excluding carboxylic acids is 3. The molecule has 0 atom stereocenters. The molecule has 156 valence electrons. The van der Waals surface area contributed by atoms with Gasteiger partial charge in [0.05, 0.1) is 6.61 Å². The molecule has 0 saturated carbocycles. The van der Waals surface area contributed by atoms with Crippen LogP contribution in [0.15, 0.2) is 42.0 Å². The zero-order valence-electron chi connectivity index (χ0n) is 16.7. The van der Waals surface area contributed by atoms with E-state index in [1.807, 2.05) is 6.92 Å². The van der Waals surface area contributed by atoms with E-state index in [0.29, 0.717) is 13.2 Å². The van der Waals surface area contributed by atoms with E-state index in [1.54, 1.807) is 30.3 Å². The molecule has 0 aliphatic heterocycles. The van der Waals surface area contributed by atoms with Crippen LogP contribution in [0, 0.1) is 0 Å². The lowest BCUT2D eigenvalue weighted by atomic mass is 9.97. The lowest BCUT2D eigenvalue weighted by Gasteiger charge is -2.13. The highest BCUT2D eigenvalue weighted by Crippen LogP contribution is 2.19. The van der Waals surface area contributed by atoms with Gasteiger partial charge in [-0.15, -0.1) is 0 Å². The molecular weight excluding hydrogens is 372 g/mol. The summed E-state index contributed by atoms with van der Waals surface area (Å²) in [6, 6.07) is 6.61. The van der Waals surface area contributed by atoms with E-state index in [9.17, 15) is 14.4 Å². The average Bonchev–Trinajstić information content (AvgIpc) is 2.73. The van der Waals surface area contributed by atoms with Crippen LogP contribution in [0.3, 0.4) is 0 Å². The van der Waals surface area contributed by atoms with Gasteiger partial charge in [-0.1, -0.05) is 23.8 Å². The van der Waals surface area contributed by atoms with Gasteiger partial charge in [-0.2, -0.15) is 0 Å². The number of esters is 1. The summed E-state index contributed by atoms with van der Waals surface area (Å²) in [7, 11) is 0. The maximum atomic E-state index is 11.7. The minimum atomic E-state index is -0.679. The van der Waals surface area contributed by atoms with Gasteiger partial charge in [-0.3, -0.25) is 10.1 Å². The molecule has 0 unspecified atom stereocenters. The highest BCUT2D eigenvalue weighted by molar-refractivity contribution is 5.96. The first-order chi connectivity index (χ1) is 14.1. The third-order valence-corrected chi connectivity index (χ3v) is 4.32. The molecule has 1 aromatic rings. The van der Waals surface area contributed by atoms with Gasteiger partial charge in [0.15, 0.2) is 6.61 Å². The van der Waals surface area contributed by atoms with Crippen molar-refractivity contribution in [2.75, 3.05) is 19.8 Å². The summed E-state index contributed by atoms with van der Waals surface area (Å²) in [6.07, 6.45) is 10.4. The number of nitrogens with one attached hydrogen (secondary N) is 2. The van der Waals surface area contributed by atoms with E-state index in [1.165, 1.54) is 24.5 Å². The van der Waals surface area contributed by atoms with Crippen LogP contribution in [0.1, 0.15) is 44.6 Å². The van der Waals surface area contributed by atoms with Gasteiger partial charge < -0.3 is 14.8 Å². The fourth-order valence-electron chi connectivity index (χ4n) is 2.87. The summed E-state index contributed by atoms with van der Waals surface area (Å²) < 4.78 is 10.2. The van der Waals surface area contributed by atoms with E-state index >= 15 is 0 Å². The van der Waals surface area contributed by atoms with Crippen molar-refractivity contribution in [1.29, 1.82) is 0 Å². The van der Waals surface area contributed by atoms with Gasteiger partial charge in [-0.25, -0.2) is 9.59 Å². The van der Waals surface area contributed by atoms with E-state index in [2.05, 4.69) is 16.7 Å². The van der Waals surface area contributed by atoms with Crippen LogP contribution < -0.4 is 15.4 Å². The fourth-order valence-corrected chi connectivity index (χ4v) is 2.87. The van der Waals surface area contributed by atoms with Crippen LogP contribution in [0.4, 0.5) is 4.79 Å². The zero-order chi connectivity index (χ0) is 20.9. The summed E-state index contributed by atoms with van der Waals surface area (Å²) in [5.74, 6) is -0.599.